The summed E-state index contributed by atoms with van der Waals surface area (Å²) >= 11 is 0. The number of nitrogens with zero attached hydrogens (tertiary/aromatic N) is 1. The summed E-state index contributed by atoms with van der Waals surface area (Å²) in [6.07, 6.45) is 0. The molecule has 1 fully saturated rings. The summed E-state index contributed by atoms with van der Waals surface area (Å²) in [5.74, 6) is 0. The van der Waals surface area contributed by atoms with E-state index in [1.54, 1.807) is 0 Å². The Morgan fingerprint density at radius 1 is 1.00 bits per heavy atom. The molecule has 1 heterocycles. The van der Waals surface area contributed by atoms with Crippen molar-refractivity contribution in [1.29, 1.82) is 0 Å². The van der Waals surface area contributed by atoms with Crippen molar-refractivity contribution < 1.29 is 0 Å². The van der Waals surface area contributed by atoms with Crippen LogP contribution in [0.15, 0.2) is 0 Å². The predicted molar refractivity (Wildman–Crippen MR) is 66.6 cm³/mol. The quantitative estimate of drug-likeness (QED) is 0.669. The number of hydrogen-bond donors (Lipinski definition) is 1. The average molecular weight is 212 g/mol. The summed E-state index contributed by atoms with van der Waals surface area (Å²) in [6.45, 7) is 17.0. The average Bonchev–Trinajstić information content (AvgIpc) is 1.99. The van der Waals surface area contributed by atoms with Gasteiger partial charge in [-0.05, 0) is 17.9 Å². The molecule has 2 N–H and O–H groups in total. The Balaban J connectivity index is 3.18. The maximum Gasteiger partial charge on any atom is 0.0807 e. The van der Waals surface area contributed by atoms with Crippen LogP contribution >= 0.6 is 0 Å². The maximum absolute atomic E-state index is 6.71. The lowest BCUT2D eigenvalue weighted by Gasteiger charge is -2.72. The minimum absolute atomic E-state index is 0.0992. The van der Waals surface area contributed by atoms with E-state index in [9.17, 15) is 0 Å². The molecule has 0 aliphatic carbocycles. The van der Waals surface area contributed by atoms with Gasteiger partial charge < -0.3 is 5.73 Å². The van der Waals surface area contributed by atoms with Crippen LogP contribution in [0.1, 0.15) is 48.5 Å². The topological polar surface area (TPSA) is 29.3 Å². The van der Waals surface area contributed by atoms with E-state index in [1.807, 2.05) is 0 Å². The van der Waals surface area contributed by atoms with Crippen LogP contribution in [0.5, 0.6) is 0 Å². The Hall–Kier alpha value is -0.0800. The minimum atomic E-state index is -0.210. The van der Waals surface area contributed by atoms with Crippen molar-refractivity contribution in [3.8, 4) is 0 Å². The van der Waals surface area contributed by atoms with E-state index in [0.717, 1.165) is 6.54 Å². The molecule has 0 amide bonds. The van der Waals surface area contributed by atoms with Crippen LogP contribution in [0.3, 0.4) is 0 Å². The third-order valence-electron chi connectivity index (χ3n) is 4.80. The lowest BCUT2D eigenvalue weighted by Crippen LogP contribution is -2.84. The fourth-order valence-electron chi connectivity index (χ4n) is 3.26. The second-order valence-electron chi connectivity index (χ2n) is 7.45. The molecule has 0 saturated carbocycles. The molecule has 1 saturated heterocycles. The van der Waals surface area contributed by atoms with Gasteiger partial charge in [0.1, 0.15) is 0 Å². The van der Waals surface area contributed by atoms with E-state index < -0.39 is 0 Å². The van der Waals surface area contributed by atoms with Crippen molar-refractivity contribution in [2.75, 3.05) is 13.6 Å². The first-order chi connectivity index (χ1) is 6.38. The first-order valence-electron chi connectivity index (χ1n) is 5.88. The molecular formula is C13H28N2. The van der Waals surface area contributed by atoms with Gasteiger partial charge in [-0.1, -0.05) is 48.5 Å². The first kappa shape index (κ1) is 13.0. The van der Waals surface area contributed by atoms with Gasteiger partial charge in [-0.2, -0.15) is 0 Å². The van der Waals surface area contributed by atoms with Crippen LogP contribution in [-0.2, 0) is 0 Å². The summed E-state index contributed by atoms with van der Waals surface area (Å²) in [7, 11) is 2.14. The summed E-state index contributed by atoms with van der Waals surface area (Å²) in [5, 5.41) is 0. The van der Waals surface area contributed by atoms with Crippen LogP contribution in [0, 0.1) is 16.2 Å². The lowest BCUT2D eigenvalue weighted by molar-refractivity contribution is -0.235. The molecule has 2 unspecified atom stereocenters. The normalized spacial score (nSPS) is 39.0. The summed E-state index contributed by atoms with van der Waals surface area (Å²) < 4.78 is 0. The number of likely N-dealkylation sites (tertiary alicyclic amines) is 1. The SMILES string of the molecule is CN1CC(C)(C(C)(C)C)C1(N)C(C)(C)C. The maximum atomic E-state index is 6.71. The second kappa shape index (κ2) is 2.98. The van der Waals surface area contributed by atoms with E-state index >= 15 is 0 Å². The van der Waals surface area contributed by atoms with E-state index in [-0.39, 0.29) is 21.9 Å². The van der Waals surface area contributed by atoms with Crippen LogP contribution in [-0.4, -0.2) is 24.2 Å². The van der Waals surface area contributed by atoms with E-state index in [4.69, 9.17) is 5.73 Å². The number of nitrogens with two attached hydrogens (primary N) is 1. The third-order valence-corrected chi connectivity index (χ3v) is 4.80. The van der Waals surface area contributed by atoms with Gasteiger partial charge in [0.25, 0.3) is 0 Å². The molecule has 1 rings (SSSR count). The molecule has 15 heavy (non-hydrogen) atoms. The highest BCUT2D eigenvalue weighted by molar-refractivity contribution is 5.18. The Morgan fingerprint density at radius 2 is 1.40 bits per heavy atom. The molecule has 0 spiro atoms. The zero-order chi connectivity index (χ0) is 12.3. The Morgan fingerprint density at radius 3 is 1.53 bits per heavy atom. The fraction of sp³-hybridized carbons (Fsp3) is 1.00. The zero-order valence-corrected chi connectivity index (χ0v) is 11.7. The van der Waals surface area contributed by atoms with Crippen molar-refractivity contribution >= 4 is 0 Å². The highest BCUT2D eigenvalue weighted by Crippen LogP contribution is 2.59. The largest absolute Gasteiger partial charge is 0.312 e. The highest BCUT2D eigenvalue weighted by Gasteiger charge is 2.67. The Labute approximate surface area is 95.2 Å². The molecule has 90 valence electrons. The molecule has 0 bridgehead atoms. The van der Waals surface area contributed by atoms with Gasteiger partial charge in [-0.25, -0.2) is 0 Å². The molecule has 0 aromatic rings. The second-order valence-corrected chi connectivity index (χ2v) is 7.45. The van der Waals surface area contributed by atoms with Crippen molar-refractivity contribution in [2.24, 2.45) is 22.0 Å². The predicted octanol–water partition coefficient (Wildman–Crippen LogP) is 2.69. The van der Waals surface area contributed by atoms with Gasteiger partial charge in [-0.15, -0.1) is 0 Å². The third kappa shape index (κ3) is 1.38. The fourth-order valence-corrected chi connectivity index (χ4v) is 3.26. The first-order valence-corrected chi connectivity index (χ1v) is 5.88. The molecule has 2 atom stereocenters. The van der Waals surface area contributed by atoms with Gasteiger partial charge in [0.05, 0.1) is 5.66 Å². The summed E-state index contributed by atoms with van der Waals surface area (Å²) in [4.78, 5) is 2.30. The smallest absolute Gasteiger partial charge is 0.0807 e. The molecule has 1 aliphatic rings. The summed E-state index contributed by atoms with van der Waals surface area (Å²) in [6, 6.07) is 0. The van der Waals surface area contributed by atoms with E-state index in [2.05, 4.69) is 60.4 Å². The van der Waals surface area contributed by atoms with Crippen LogP contribution in [0.2, 0.25) is 0 Å². The van der Waals surface area contributed by atoms with Gasteiger partial charge in [0.2, 0.25) is 0 Å². The molecular weight excluding hydrogens is 184 g/mol. The minimum Gasteiger partial charge on any atom is -0.312 e. The Kier molecular flexibility index (Phi) is 2.58. The Bertz CT molecular complexity index is 259. The molecule has 0 radical (unpaired) electrons. The standard InChI is InChI=1S/C13H28N2/c1-10(2,3)12(7)9-15(8)13(12,14)11(4,5)6/h9,14H2,1-8H3. The van der Waals surface area contributed by atoms with Crippen molar-refractivity contribution in [1.82, 2.24) is 4.90 Å². The molecule has 2 nitrogen and oxygen atoms in total. The van der Waals surface area contributed by atoms with E-state index in [0.29, 0.717) is 0 Å². The van der Waals surface area contributed by atoms with Crippen LogP contribution in [0.4, 0.5) is 0 Å². The lowest BCUT2D eigenvalue weighted by atomic mass is 9.49. The number of hydrogen-bond acceptors (Lipinski definition) is 2. The van der Waals surface area contributed by atoms with Gasteiger partial charge >= 0.3 is 0 Å². The van der Waals surface area contributed by atoms with Gasteiger partial charge in [-0.3, -0.25) is 4.90 Å². The molecule has 2 heteroatoms. The highest BCUT2D eigenvalue weighted by atomic mass is 15.4. The summed E-state index contributed by atoms with van der Waals surface area (Å²) in [5.41, 5.74) is 7.01. The van der Waals surface area contributed by atoms with Crippen molar-refractivity contribution in [2.45, 2.75) is 54.1 Å². The van der Waals surface area contributed by atoms with E-state index in [1.165, 1.54) is 0 Å². The zero-order valence-electron chi connectivity index (χ0n) is 11.7. The van der Waals surface area contributed by atoms with Gasteiger partial charge in [0, 0.05) is 12.0 Å². The van der Waals surface area contributed by atoms with Crippen molar-refractivity contribution in [3.63, 3.8) is 0 Å². The van der Waals surface area contributed by atoms with Crippen LogP contribution in [0.25, 0.3) is 0 Å². The monoisotopic (exact) mass is 212 g/mol. The van der Waals surface area contributed by atoms with Gasteiger partial charge in [0.15, 0.2) is 0 Å². The molecule has 1 aliphatic heterocycles. The van der Waals surface area contributed by atoms with Crippen molar-refractivity contribution in [3.05, 3.63) is 0 Å². The molecule has 0 aromatic carbocycles. The van der Waals surface area contributed by atoms with Crippen LogP contribution < -0.4 is 5.73 Å². The number of rotatable bonds is 0. The molecule has 0 aromatic heterocycles.